The van der Waals surface area contributed by atoms with E-state index in [1.807, 2.05) is 6.92 Å². The molecule has 0 radical (unpaired) electrons. The lowest BCUT2D eigenvalue weighted by Gasteiger charge is -2.43. The van der Waals surface area contributed by atoms with E-state index in [0.717, 1.165) is 29.1 Å². The molecule has 0 spiro atoms. The van der Waals surface area contributed by atoms with Crippen LogP contribution in [0.4, 0.5) is 0 Å². The summed E-state index contributed by atoms with van der Waals surface area (Å²) in [5, 5.41) is 9.32. The SMILES string of the molecule is Cc1ccc(S(=O)(=O)N2C=CNC(=O)[C@H]2CC(=O)N[C@H]2CC[C@H](NC3CC3)CC2(C)C)cc1. The summed E-state index contributed by atoms with van der Waals surface area (Å²) < 4.78 is 27.4. The second-order valence-electron chi connectivity index (χ2n) is 10.2. The van der Waals surface area contributed by atoms with Crippen LogP contribution in [-0.4, -0.2) is 48.7 Å². The highest BCUT2D eigenvalue weighted by Gasteiger charge is 2.41. The number of nitrogens with zero attached hydrogens (tertiary/aromatic N) is 1. The monoisotopic (exact) mass is 474 g/mol. The summed E-state index contributed by atoms with van der Waals surface area (Å²) in [5.74, 6) is -0.832. The van der Waals surface area contributed by atoms with Crippen LogP contribution in [0.3, 0.4) is 0 Å². The van der Waals surface area contributed by atoms with Crippen LogP contribution < -0.4 is 16.0 Å². The molecule has 1 aromatic rings. The van der Waals surface area contributed by atoms with Crippen LogP contribution in [0.25, 0.3) is 0 Å². The molecule has 2 amide bonds. The third kappa shape index (κ3) is 5.41. The highest BCUT2D eigenvalue weighted by atomic mass is 32.2. The van der Waals surface area contributed by atoms with Gasteiger partial charge in [-0.15, -0.1) is 0 Å². The van der Waals surface area contributed by atoms with Gasteiger partial charge in [0.15, 0.2) is 0 Å². The number of carbonyl (C=O) groups is 2. The molecule has 2 fully saturated rings. The molecule has 1 aliphatic heterocycles. The number of aryl methyl sites for hydroxylation is 1. The molecule has 3 aliphatic rings. The third-order valence-corrected chi connectivity index (χ3v) is 8.73. The van der Waals surface area contributed by atoms with Crippen molar-refractivity contribution in [3.63, 3.8) is 0 Å². The van der Waals surface area contributed by atoms with Crippen molar-refractivity contribution in [3.05, 3.63) is 42.2 Å². The highest BCUT2D eigenvalue weighted by molar-refractivity contribution is 7.89. The molecule has 3 atom stereocenters. The van der Waals surface area contributed by atoms with Gasteiger partial charge in [-0.3, -0.25) is 13.9 Å². The van der Waals surface area contributed by atoms with Gasteiger partial charge in [0.2, 0.25) is 11.8 Å². The van der Waals surface area contributed by atoms with Crippen molar-refractivity contribution in [1.29, 1.82) is 0 Å². The number of carbonyl (C=O) groups excluding carboxylic acids is 2. The Hall–Kier alpha value is -2.39. The minimum atomic E-state index is -3.98. The van der Waals surface area contributed by atoms with Crippen LogP contribution in [0.1, 0.15) is 57.9 Å². The Morgan fingerprint density at radius 3 is 2.42 bits per heavy atom. The highest BCUT2D eigenvalue weighted by Crippen LogP contribution is 2.37. The van der Waals surface area contributed by atoms with Crippen molar-refractivity contribution in [2.45, 2.75) is 88.4 Å². The molecule has 180 valence electrons. The molecular formula is C24H34N4O4S. The molecule has 1 heterocycles. The molecule has 3 N–H and O–H groups in total. The van der Waals surface area contributed by atoms with E-state index in [1.54, 1.807) is 12.1 Å². The fourth-order valence-corrected chi connectivity index (χ4v) is 6.28. The molecule has 8 nitrogen and oxygen atoms in total. The average Bonchev–Trinajstić information content (AvgIpc) is 3.55. The van der Waals surface area contributed by atoms with Crippen LogP contribution in [0.2, 0.25) is 0 Å². The predicted molar refractivity (Wildman–Crippen MR) is 125 cm³/mol. The first-order chi connectivity index (χ1) is 15.6. The van der Waals surface area contributed by atoms with E-state index in [1.165, 1.54) is 37.4 Å². The Morgan fingerprint density at radius 2 is 1.79 bits per heavy atom. The lowest BCUT2D eigenvalue weighted by molar-refractivity contribution is -0.130. The summed E-state index contributed by atoms with van der Waals surface area (Å²) >= 11 is 0. The van der Waals surface area contributed by atoms with Crippen LogP contribution in [0.15, 0.2) is 41.6 Å². The van der Waals surface area contributed by atoms with Crippen molar-refractivity contribution >= 4 is 21.8 Å². The smallest absolute Gasteiger partial charge is 0.264 e. The van der Waals surface area contributed by atoms with E-state index in [0.29, 0.717) is 12.1 Å². The third-order valence-electron chi connectivity index (χ3n) is 6.94. The number of hydrogen-bond acceptors (Lipinski definition) is 5. The van der Waals surface area contributed by atoms with Crippen molar-refractivity contribution in [2.24, 2.45) is 5.41 Å². The maximum atomic E-state index is 13.2. The summed E-state index contributed by atoms with van der Waals surface area (Å²) in [7, 11) is -3.98. The van der Waals surface area contributed by atoms with Gasteiger partial charge in [0, 0.05) is 30.5 Å². The van der Waals surface area contributed by atoms with Crippen LogP contribution in [-0.2, 0) is 19.6 Å². The van der Waals surface area contributed by atoms with E-state index in [2.05, 4.69) is 29.8 Å². The zero-order valence-electron chi connectivity index (χ0n) is 19.5. The molecule has 2 saturated carbocycles. The van der Waals surface area contributed by atoms with Crippen molar-refractivity contribution in [3.8, 4) is 0 Å². The number of sulfonamides is 1. The fourth-order valence-electron chi connectivity index (χ4n) is 4.83. The van der Waals surface area contributed by atoms with Gasteiger partial charge in [-0.2, -0.15) is 0 Å². The minimum absolute atomic E-state index is 0.0217. The van der Waals surface area contributed by atoms with Crippen molar-refractivity contribution in [2.75, 3.05) is 0 Å². The molecule has 0 bridgehead atoms. The van der Waals surface area contributed by atoms with E-state index >= 15 is 0 Å². The van der Waals surface area contributed by atoms with Gasteiger partial charge in [0.1, 0.15) is 6.04 Å². The zero-order valence-corrected chi connectivity index (χ0v) is 20.3. The van der Waals surface area contributed by atoms with Crippen molar-refractivity contribution in [1.82, 2.24) is 20.3 Å². The molecule has 0 saturated heterocycles. The average molecular weight is 475 g/mol. The van der Waals surface area contributed by atoms with Gasteiger partial charge in [-0.05, 0) is 56.6 Å². The van der Waals surface area contributed by atoms with Gasteiger partial charge in [-0.1, -0.05) is 31.5 Å². The van der Waals surface area contributed by atoms with Crippen LogP contribution in [0.5, 0.6) is 0 Å². The fraction of sp³-hybridized carbons (Fsp3) is 0.583. The second kappa shape index (κ2) is 9.10. The summed E-state index contributed by atoms with van der Waals surface area (Å²) in [6.45, 7) is 6.18. The molecule has 1 aromatic carbocycles. The molecule has 4 rings (SSSR count). The first-order valence-electron chi connectivity index (χ1n) is 11.7. The maximum Gasteiger partial charge on any atom is 0.264 e. The lowest BCUT2D eigenvalue weighted by atomic mass is 9.71. The first-order valence-corrected chi connectivity index (χ1v) is 13.1. The molecule has 2 aliphatic carbocycles. The largest absolute Gasteiger partial charge is 0.353 e. The minimum Gasteiger partial charge on any atom is -0.353 e. The van der Waals surface area contributed by atoms with E-state index in [9.17, 15) is 18.0 Å². The standard InChI is InChI=1S/C24H34N4O4S/c1-16-4-9-19(10-5-16)33(31,32)28-13-12-25-23(30)20(28)14-22(29)27-21-11-8-18(15-24(21,2)3)26-17-6-7-17/h4-5,9-10,12-13,17-18,20-21,26H,6-8,11,14-15H2,1-3H3,(H,25,30)(H,27,29)/t18-,20+,21-/m0/s1. The number of amides is 2. The van der Waals surface area contributed by atoms with E-state index in [4.69, 9.17) is 0 Å². The summed E-state index contributed by atoms with van der Waals surface area (Å²) in [6, 6.07) is 6.39. The molecular weight excluding hydrogens is 440 g/mol. The molecule has 0 aromatic heterocycles. The number of rotatable bonds is 7. The van der Waals surface area contributed by atoms with Crippen molar-refractivity contribution < 1.29 is 18.0 Å². The van der Waals surface area contributed by atoms with Gasteiger partial charge in [0.25, 0.3) is 10.0 Å². The molecule has 0 unspecified atom stereocenters. The maximum absolute atomic E-state index is 13.2. The number of nitrogens with one attached hydrogen (secondary N) is 3. The van der Waals surface area contributed by atoms with Gasteiger partial charge in [-0.25, -0.2) is 8.42 Å². The number of hydrogen-bond donors (Lipinski definition) is 3. The Labute approximate surface area is 196 Å². The lowest BCUT2D eigenvalue weighted by Crippen LogP contribution is -2.55. The molecule has 9 heteroatoms. The first kappa shape index (κ1) is 23.8. The van der Waals surface area contributed by atoms with Crippen LogP contribution >= 0.6 is 0 Å². The summed E-state index contributed by atoms with van der Waals surface area (Å²) in [4.78, 5) is 25.7. The van der Waals surface area contributed by atoms with Crippen LogP contribution in [0, 0.1) is 12.3 Å². The van der Waals surface area contributed by atoms with Gasteiger partial charge in [0.05, 0.1) is 11.3 Å². The Bertz CT molecular complexity index is 1030. The normalized spacial score (nSPS) is 27.2. The summed E-state index contributed by atoms with van der Waals surface area (Å²) in [5.41, 5.74) is 0.838. The zero-order chi connectivity index (χ0) is 23.8. The Kier molecular flexibility index (Phi) is 6.55. The van der Waals surface area contributed by atoms with Gasteiger partial charge >= 0.3 is 0 Å². The van der Waals surface area contributed by atoms with E-state index < -0.39 is 22.0 Å². The van der Waals surface area contributed by atoms with Gasteiger partial charge < -0.3 is 16.0 Å². The van der Waals surface area contributed by atoms with E-state index in [-0.39, 0.29) is 28.7 Å². The topological polar surface area (TPSA) is 108 Å². The molecule has 33 heavy (non-hydrogen) atoms. The quantitative estimate of drug-likeness (QED) is 0.561. The summed E-state index contributed by atoms with van der Waals surface area (Å²) in [6.07, 6.45) is 7.67. The second-order valence-corrected chi connectivity index (χ2v) is 12.1. The number of benzene rings is 1. The Morgan fingerprint density at radius 1 is 1.12 bits per heavy atom. The Balaban J connectivity index is 1.43. The predicted octanol–water partition coefficient (Wildman–Crippen LogP) is 2.16.